The van der Waals surface area contributed by atoms with Gasteiger partial charge in [-0.25, -0.2) is 13.6 Å². The third-order valence-corrected chi connectivity index (χ3v) is 2.99. The quantitative estimate of drug-likeness (QED) is 0.862. The molecule has 1 N–H and O–H groups in total. The van der Waals surface area contributed by atoms with Crippen LogP contribution in [-0.4, -0.2) is 34.8 Å². The summed E-state index contributed by atoms with van der Waals surface area (Å²) in [6.07, 6.45) is -0.565. The van der Waals surface area contributed by atoms with Crippen LogP contribution in [0.25, 0.3) is 0 Å². The third-order valence-electron chi connectivity index (χ3n) is 2.99. The van der Waals surface area contributed by atoms with Crippen molar-refractivity contribution in [2.45, 2.75) is 32.0 Å². The lowest BCUT2D eigenvalue weighted by atomic mass is 9.86. The van der Waals surface area contributed by atoms with Gasteiger partial charge >= 0.3 is 6.09 Å². The first-order valence-electron chi connectivity index (χ1n) is 6.27. The second-order valence-corrected chi connectivity index (χ2v) is 5.99. The number of likely N-dealkylation sites (tertiary alicyclic amines) is 1. The average Bonchev–Trinajstić information content (AvgIpc) is 2.22. The topological polar surface area (TPSA) is 49.8 Å². The molecule has 2 rings (SSSR count). The Morgan fingerprint density at radius 3 is 2.45 bits per heavy atom. The molecule has 20 heavy (non-hydrogen) atoms. The number of ether oxygens (including phenoxy) is 1. The average molecular weight is 285 g/mol. The van der Waals surface area contributed by atoms with Crippen molar-refractivity contribution in [2.24, 2.45) is 0 Å². The minimum atomic E-state index is -1.49. The van der Waals surface area contributed by atoms with Gasteiger partial charge in [-0.2, -0.15) is 0 Å². The molecule has 1 aromatic rings. The Labute approximate surface area is 116 Å². The Kier molecular flexibility index (Phi) is 3.46. The summed E-state index contributed by atoms with van der Waals surface area (Å²) in [5.41, 5.74) is -2.14. The number of β-amino-alcohol motifs (C(OH)–C–C–N with tert-alkyl or cyclic N) is 1. The Balaban J connectivity index is 2.05. The lowest BCUT2D eigenvalue weighted by Gasteiger charge is -2.46. The molecule has 1 aliphatic rings. The van der Waals surface area contributed by atoms with E-state index in [-0.39, 0.29) is 18.7 Å². The van der Waals surface area contributed by atoms with Crippen LogP contribution in [0, 0.1) is 11.6 Å². The number of benzene rings is 1. The van der Waals surface area contributed by atoms with Crippen LogP contribution in [0.15, 0.2) is 18.2 Å². The van der Waals surface area contributed by atoms with Crippen molar-refractivity contribution in [1.29, 1.82) is 0 Å². The maximum Gasteiger partial charge on any atom is 0.410 e. The summed E-state index contributed by atoms with van der Waals surface area (Å²) < 4.78 is 31.6. The van der Waals surface area contributed by atoms with Gasteiger partial charge in [-0.3, -0.25) is 0 Å². The number of hydrogen-bond donors (Lipinski definition) is 1. The molecule has 0 radical (unpaired) electrons. The van der Waals surface area contributed by atoms with Gasteiger partial charge in [0.15, 0.2) is 0 Å². The molecule has 1 amide bonds. The van der Waals surface area contributed by atoms with E-state index in [0.717, 1.165) is 6.07 Å². The summed E-state index contributed by atoms with van der Waals surface area (Å²) in [7, 11) is 0. The molecule has 1 saturated heterocycles. The summed E-state index contributed by atoms with van der Waals surface area (Å²) in [6, 6.07) is 2.98. The van der Waals surface area contributed by atoms with Crippen LogP contribution in [0.2, 0.25) is 0 Å². The summed E-state index contributed by atoms with van der Waals surface area (Å²) in [5.74, 6) is -1.53. The van der Waals surface area contributed by atoms with Crippen LogP contribution in [0.5, 0.6) is 0 Å². The monoisotopic (exact) mass is 285 g/mol. The van der Waals surface area contributed by atoms with Gasteiger partial charge in [-0.1, -0.05) is 6.07 Å². The van der Waals surface area contributed by atoms with Gasteiger partial charge in [0.1, 0.15) is 22.8 Å². The zero-order valence-corrected chi connectivity index (χ0v) is 11.6. The predicted octanol–water partition coefficient (Wildman–Crippen LogP) is 2.40. The van der Waals surface area contributed by atoms with E-state index in [9.17, 15) is 18.7 Å². The first kappa shape index (κ1) is 14.7. The van der Waals surface area contributed by atoms with Gasteiger partial charge in [-0.15, -0.1) is 0 Å². The molecule has 0 bridgehead atoms. The summed E-state index contributed by atoms with van der Waals surface area (Å²) in [6.45, 7) is 5.04. The molecule has 0 saturated carbocycles. The van der Waals surface area contributed by atoms with Crippen molar-refractivity contribution >= 4 is 6.09 Å². The van der Waals surface area contributed by atoms with Gasteiger partial charge in [0.05, 0.1) is 13.1 Å². The Bertz CT molecular complexity index is 534. The SMILES string of the molecule is CC(C)(C)OC(=O)N1CC(O)(c2ccc(F)cc2F)C1. The van der Waals surface area contributed by atoms with E-state index in [1.165, 1.54) is 11.0 Å². The molecule has 6 heteroatoms. The van der Waals surface area contributed by atoms with Crippen LogP contribution in [-0.2, 0) is 10.3 Å². The number of amides is 1. The number of carbonyl (C=O) groups is 1. The van der Waals surface area contributed by atoms with Crippen LogP contribution in [0.1, 0.15) is 26.3 Å². The maximum atomic E-state index is 13.6. The van der Waals surface area contributed by atoms with E-state index in [4.69, 9.17) is 4.74 Å². The van der Waals surface area contributed by atoms with Crippen LogP contribution < -0.4 is 0 Å². The van der Waals surface area contributed by atoms with E-state index in [2.05, 4.69) is 0 Å². The minimum Gasteiger partial charge on any atom is -0.444 e. The molecule has 0 aliphatic carbocycles. The van der Waals surface area contributed by atoms with E-state index in [1.54, 1.807) is 20.8 Å². The predicted molar refractivity (Wildman–Crippen MR) is 68.1 cm³/mol. The lowest BCUT2D eigenvalue weighted by molar-refractivity contribution is -0.105. The standard InChI is InChI=1S/C14H17F2NO3/c1-13(2,3)20-12(18)17-7-14(19,8-17)10-5-4-9(15)6-11(10)16/h4-6,19H,7-8H2,1-3H3. The zero-order valence-electron chi connectivity index (χ0n) is 11.6. The number of hydrogen-bond acceptors (Lipinski definition) is 3. The van der Waals surface area contributed by atoms with Crippen LogP contribution in [0.4, 0.5) is 13.6 Å². The maximum absolute atomic E-state index is 13.6. The van der Waals surface area contributed by atoms with Crippen molar-refractivity contribution in [3.8, 4) is 0 Å². The lowest BCUT2D eigenvalue weighted by Crippen LogP contribution is -2.62. The molecule has 0 atom stereocenters. The van der Waals surface area contributed by atoms with Gasteiger partial charge in [-0.05, 0) is 26.8 Å². The number of aliphatic hydroxyl groups is 1. The number of halogens is 2. The first-order valence-corrected chi connectivity index (χ1v) is 6.27. The molecule has 1 fully saturated rings. The van der Waals surface area contributed by atoms with Crippen molar-refractivity contribution in [3.63, 3.8) is 0 Å². The van der Waals surface area contributed by atoms with Crippen molar-refractivity contribution < 1.29 is 23.4 Å². The fraction of sp³-hybridized carbons (Fsp3) is 0.500. The van der Waals surface area contributed by atoms with E-state index in [0.29, 0.717) is 6.07 Å². The van der Waals surface area contributed by atoms with Crippen molar-refractivity contribution in [1.82, 2.24) is 4.90 Å². The fourth-order valence-electron chi connectivity index (χ4n) is 2.08. The minimum absolute atomic E-state index is 0.0151. The molecule has 0 aromatic heterocycles. The highest BCUT2D eigenvalue weighted by molar-refractivity contribution is 5.70. The zero-order chi connectivity index (χ0) is 15.1. The molecule has 4 nitrogen and oxygen atoms in total. The molecular formula is C14H17F2NO3. The smallest absolute Gasteiger partial charge is 0.410 e. The molecule has 0 unspecified atom stereocenters. The highest BCUT2D eigenvalue weighted by Crippen LogP contribution is 2.34. The van der Waals surface area contributed by atoms with Gasteiger partial charge in [0.25, 0.3) is 0 Å². The summed E-state index contributed by atoms with van der Waals surface area (Å²) in [5, 5.41) is 10.3. The fourth-order valence-corrected chi connectivity index (χ4v) is 2.08. The molecule has 1 aliphatic heterocycles. The highest BCUT2D eigenvalue weighted by Gasteiger charge is 2.47. The highest BCUT2D eigenvalue weighted by atomic mass is 19.1. The molecule has 110 valence electrons. The third kappa shape index (κ3) is 2.90. The first-order chi connectivity index (χ1) is 9.11. The van der Waals surface area contributed by atoms with Crippen LogP contribution in [0.3, 0.4) is 0 Å². The largest absolute Gasteiger partial charge is 0.444 e. The van der Waals surface area contributed by atoms with Gasteiger partial charge in [0, 0.05) is 11.6 Å². The number of rotatable bonds is 1. The Morgan fingerprint density at radius 1 is 1.35 bits per heavy atom. The second kappa shape index (κ2) is 4.70. The Hall–Kier alpha value is -1.69. The van der Waals surface area contributed by atoms with E-state index < -0.39 is 28.9 Å². The van der Waals surface area contributed by atoms with E-state index in [1.807, 2.05) is 0 Å². The number of carbonyl (C=O) groups excluding carboxylic acids is 1. The summed E-state index contributed by atoms with van der Waals surface area (Å²) >= 11 is 0. The molecule has 1 aromatic carbocycles. The van der Waals surface area contributed by atoms with Crippen molar-refractivity contribution in [3.05, 3.63) is 35.4 Å². The molecular weight excluding hydrogens is 268 g/mol. The summed E-state index contributed by atoms with van der Waals surface area (Å²) in [4.78, 5) is 13.0. The van der Waals surface area contributed by atoms with Crippen LogP contribution >= 0.6 is 0 Å². The normalized spacial score (nSPS) is 17.6. The molecule has 0 spiro atoms. The van der Waals surface area contributed by atoms with Crippen molar-refractivity contribution in [2.75, 3.05) is 13.1 Å². The van der Waals surface area contributed by atoms with Gasteiger partial charge < -0.3 is 14.7 Å². The Morgan fingerprint density at radius 2 is 1.95 bits per heavy atom. The molecule has 1 heterocycles. The van der Waals surface area contributed by atoms with Gasteiger partial charge in [0.2, 0.25) is 0 Å². The van der Waals surface area contributed by atoms with E-state index >= 15 is 0 Å². The second-order valence-electron chi connectivity index (χ2n) is 5.99. The number of nitrogens with zero attached hydrogens (tertiary/aromatic N) is 1.